The fourth-order valence-corrected chi connectivity index (χ4v) is 2.57. The SMILES string of the molecule is OC1(c2ccc(F)cc2)CCN(C2CC2)C1. The number of aliphatic hydroxyl groups is 1. The van der Waals surface area contributed by atoms with Crippen LogP contribution < -0.4 is 0 Å². The highest BCUT2D eigenvalue weighted by atomic mass is 19.1. The molecule has 0 radical (unpaired) electrons. The topological polar surface area (TPSA) is 23.5 Å². The first-order chi connectivity index (χ1) is 7.67. The van der Waals surface area contributed by atoms with Gasteiger partial charge in [-0.2, -0.15) is 0 Å². The Kier molecular flexibility index (Phi) is 2.26. The van der Waals surface area contributed by atoms with E-state index in [1.54, 1.807) is 12.1 Å². The number of hydrogen-bond donors (Lipinski definition) is 1. The van der Waals surface area contributed by atoms with Crippen LogP contribution in [0, 0.1) is 5.82 Å². The molecule has 1 aromatic carbocycles. The minimum atomic E-state index is -0.768. The number of nitrogens with zero attached hydrogens (tertiary/aromatic N) is 1. The molecule has 0 amide bonds. The van der Waals surface area contributed by atoms with Crippen molar-refractivity contribution in [3.8, 4) is 0 Å². The molecule has 1 aromatic rings. The fourth-order valence-electron chi connectivity index (χ4n) is 2.57. The van der Waals surface area contributed by atoms with Crippen molar-refractivity contribution >= 4 is 0 Å². The van der Waals surface area contributed by atoms with Gasteiger partial charge in [0.15, 0.2) is 0 Å². The molecule has 0 bridgehead atoms. The summed E-state index contributed by atoms with van der Waals surface area (Å²) in [6, 6.07) is 6.94. The van der Waals surface area contributed by atoms with Crippen molar-refractivity contribution in [2.75, 3.05) is 13.1 Å². The first kappa shape index (κ1) is 10.2. The van der Waals surface area contributed by atoms with Gasteiger partial charge in [0.25, 0.3) is 0 Å². The second-order valence-electron chi connectivity index (χ2n) is 4.99. The number of likely N-dealkylation sites (tertiary alicyclic amines) is 1. The highest BCUT2D eigenvalue weighted by molar-refractivity contribution is 5.25. The van der Waals surface area contributed by atoms with Crippen LogP contribution >= 0.6 is 0 Å². The highest BCUT2D eigenvalue weighted by Crippen LogP contribution is 2.38. The van der Waals surface area contributed by atoms with Crippen LogP contribution in [0.1, 0.15) is 24.8 Å². The molecule has 16 heavy (non-hydrogen) atoms. The summed E-state index contributed by atoms with van der Waals surface area (Å²) in [7, 11) is 0. The van der Waals surface area contributed by atoms with Crippen molar-refractivity contribution in [2.45, 2.75) is 30.9 Å². The molecule has 3 rings (SSSR count). The third-order valence-corrected chi connectivity index (χ3v) is 3.72. The van der Waals surface area contributed by atoms with Crippen LogP contribution in [0.15, 0.2) is 24.3 Å². The standard InChI is InChI=1S/C13H16FNO/c14-11-3-1-10(2-4-11)13(16)7-8-15(9-13)12-5-6-12/h1-4,12,16H,5-9H2. The van der Waals surface area contributed by atoms with Crippen LogP contribution in [-0.4, -0.2) is 29.1 Å². The molecule has 86 valence electrons. The molecule has 0 spiro atoms. The predicted molar refractivity (Wildman–Crippen MR) is 59.5 cm³/mol. The van der Waals surface area contributed by atoms with Crippen molar-refractivity contribution in [3.63, 3.8) is 0 Å². The van der Waals surface area contributed by atoms with Gasteiger partial charge < -0.3 is 5.11 Å². The molecule has 1 saturated heterocycles. The highest BCUT2D eigenvalue weighted by Gasteiger charge is 2.42. The average Bonchev–Trinajstić information content (AvgIpc) is 3.04. The average molecular weight is 221 g/mol. The molecule has 1 aliphatic heterocycles. The first-order valence-corrected chi connectivity index (χ1v) is 5.90. The quantitative estimate of drug-likeness (QED) is 0.824. The number of halogens is 1. The van der Waals surface area contributed by atoms with Gasteiger partial charge in [0.2, 0.25) is 0 Å². The summed E-state index contributed by atoms with van der Waals surface area (Å²) in [5.74, 6) is -0.246. The van der Waals surface area contributed by atoms with E-state index in [1.807, 2.05) is 0 Å². The van der Waals surface area contributed by atoms with E-state index in [9.17, 15) is 9.50 Å². The number of benzene rings is 1. The predicted octanol–water partition coefficient (Wildman–Crippen LogP) is 1.88. The minimum Gasteiger partial charge on any atom is -0.384 e. The van der Waals surface area contributed by atoms with Gasteiger partial charge in [-0.1, -0.05) is 12.1 Å². The lowest BCUT2D eigenvalue weighted by Crippen LogP contribution is -2.31. The van der Waals surface area contributed by atoms with Crippen LogP contribution in [0.5, 0.6) is 0 Å². The molecular formula is C13H16FNO. The van der Waals surface area contributed by atoms with Crippen LogP contribution in [0.2, 0.25) is 0 Å². The lowest BCUT2D eigenvalue weighted by atomic mass is 9.93. The van der Waals surface area contributed by atoms with Gasteiger partial charge in [-0.05, 0) is 37.0 Å². The molecule has 1 unspecified atom stereocenters. The Labute approximate surface area is 94.7 Å². The maximum atomic E-state index is 12.8. The maximum Gasteiger partial charge on any atom is 0.123 e. The Morgan fingerprint density at radius 3 is 2.56 bits per heavy atom. The number of hydrogen-bond acceptors (Lipinski definition) is 2. The monoisotopic (exact) mass is 221 g/mol. The lowest BCUT2D eigenvalue weighted by Gasteiger charge is -2.24. The van der Waals surface area contributed by atoms with Gasteiger partial charge in [-0.15, -0.1) is 0 Å². The Morgan fingerprint density at radius 1 is 1.25 bits per heavy atom. The zero-order valence-electron chi connectivity index (χ0n) is 9.19. The molecule has 3 heteroatoms. The van der Waals surface area contributed by atoms with Gasteiger partial charge in [0.1, 0.15) is 11.4 Å². The minimum absolute atomic E-state index is 0.246. The summed E-state index contributed by atoms with van der Waals surface area (Å²) in [4.78, 5) is 2.35. The number of β-amino-alcohol motifs (C(OH)–C–C–N with tert-alkyl or cyclic N) is 1. The van der Waals surface area contributed by atoms with Gasteiger partial charge in [-0.25, -0.2) is 4.39 Å². The van der Waals surface area contributed by atoms with Gasteiger partial charge >= 0.3 is 0 Å². The largest absolute Gasteiger partial charge is 0.384 e. The summed E-state index contributed by atoms with van der Waals surface area (Å²) in [6.07, 6.45) is 3.29. The molecule has 1 aliphatic carbocycles. The second-order valence-corrected chi connectivity index (χ2v) is 4.99. The Bertz CT molecular complexity index is 387. The van der Waals surface area contributed by atoms with E-state index < -0.39 is 5.60 Å². The normalized spacial score (nSPS) is 30.9. The van der Waals surface area contributed by atoms with Crippen LogP contribution in [0.4, 0.5) is 4.39 Å². The summed E-state index contributed by atoms with van der Waals surface area (Å²) in [5.41, 5.74) is 0.0769. The maximum absolute atomic E-state index is 12.8. The van der Waals surface area contributed by atoms with E-state index in [4.69, 9.17) is 0 Å². The Hall–Kier alpha value is -0.930. The van der Waals surface area contributed by atoms with Crippen LogP contribution in [0.3, 0.4) is 0 Å². The zero-order valence-corrected chi connectivity index (χ0v) is 9.19. The Morgan fingerprint density at radius 2 is 1.94 bits per heavy atom. The van der Waals surface area contributed by atoms with Crippen molar-refractivity contribution in [1.29, 1.82) is 0 Å². The van der Waals surface area contributed by atoms with E-state index in [0.717, 1.165) is 18.5 Å². The Balaban J connectivity index is 1.80. The van der Waals surface area contributed by atoms with E-state index in [0.29, 0.717) is 12.6 Å². The second kappa shape index (κ2) is 3.54. The van der Waals surface area contributed by atoms with Crippen molar-refractivity contribution in [1.82, 2.24) is 4.90 Å². The van der Waals surface area contributed by atoms with Gasteiger partial charge in [0, 0.05) is 19.1 Å². The number of rotatable bonds is 2. The van der Waals surface area contributed by atoms with Gasteiger partial charge in [0.05, 0.1) is 0 Å². The van der Waals surface area contributed by atoms with Crippen molar-refractivity contribution in [3.05, 3.63) is 35.6 Å². The van der Waals surface area contributed by atoms with Crippen LogP contribution in [-0.2, 0) is 5.60 Å². The fraction of sp³-hybridized carbons (Fsp3) is 0.538. The van der Waals surface area contributed by atoms with Crippen molar-refractivity contribution < 1.29 is 9.50 Å². The first-order valence-electron chi connectivity index (χ1n) is 5.90. The molecule has 0 aromatic heterocycles. The molecule has 1 saturated carbocycles. The molecule has 1 N–H and O–H groups in total. The molecule has 1 heterocycles. The molecule has 2 nitrogen and oxygen atoms in total. The third kappa shape index (κ3) is 1.74. The van der Waals surface area contributed by atoms with E-state index in [2.05, 4.69) is 4.90 Å². The lowest BCUT2D eigenvalue weighted by molar-refractivity contribution is 0.0451. The molecule has 2 aliphatic rings. The van der Waals surface area contributed by atoms with Crippen LogP contribution in [0.25, 0.3) is 0 Å². The van der Waals surface area contributed by atoms with E-state index in [-0.39, 0.29) is 5.82 Å². The zero-order chi connectivity index (χ0) is 11.2. The van der Waals surface area contributed by atoms with Gasteiger partial charge in [-0.3, -0.25) is 4.90 Å². The van der Waals surface area contributed by atoms with E-state index >= 15 is 0 Å². The molecule has 2 fully saturated rings. The smallest absolute Gasteiger partial charge is 0.123 e. The third-order valence-electron chi connectivity index (χ3n) is 3.72. The van der Waals surface area contributed by atoms with E-state index in [1.165, 1.54) is 25.0 Å². The summed E-state index contributed by atoms with van der Waals surface area (Å²) >= 11 is 0. The molecular weight excluding hydrogens is 205 g/mol. The summed E-state index contributed by atoms with van der Waals surface area (Å²) in [5, 5.41) is 10.5. The summed E-state index contributed by atoms with van der Waals surface area (Å²) in [6.45, 7) is 1.65. The molecule has 1 atom stereocenters. The van der Waals surface area contributed by atoms with Crippen molar-refractivity contribution in [2.24, 2.45) is 0 Å². The summed E-state index contributed by atoms with van der Waals surface area (Å²) < 4.78 is 12.8.